The van der Waals surface area contributed by atoms with Crippen molar-refractivity contribution in [2.24, 2.45) is 0 Å². The third-order valence-electron chi connectivity index (χ3n) is 2.28. The molecule has 0 saturated carbocycles. The molecule has 0 unspecified atom stereocenters. The van der Waals surface area contributed by atoms with Gasteiger partial charge in [-0.05, 0) is 48.0 Å². The highest BCUT2D eigenvalue weighted by Gasteiger charge is 2.34. The predicted octanol–water partition coefficient (Wildman–Crippen LogP) is 3.23. The summed E-state index contributed by atoms with van der Waals surface area (Å²) in [4.78, 5) is 5.70. The monoisotopic (exact) mass is 187 g/mol. The van der Waals surface area contributed by atoms with Gasteiger partial charge in [-0.2, -0.15) is 5.06 Å². The van der Waals surface area contributed by atoms with E-state index in [1.807, 2.05) is 6.92 Å². The van der Waals surface area contributed by atoms with Crippen LogP contribution >= 0.6 is 0 Å². The van der Waals surface area contributed by atoms with Crippen LogP contribution in [0, 0.1) is 0 Å². The highest BCUT2D eigenvalue weighted by atomic mass is 16.7. The van der Waals surface area contributed by atoms with Crippen molar-refractivity contribution in [3.05, 3.63) is 0 Å². The minimum absolute atomic E-state index is 0.0650. The SMILES string of the molecule is CCON(C(C)(C)C)C(C)(C)CC. The Balaban J connectivity index is 4.60. The van der Waals surface area contributed by atoms with Crippen LogP contribution in [-0.4, -0.2) is 22.7 Å². The number of nitrogens with zero attached hydrogens (tertiary/aromatic N) is 1. The molecule has 80 valence electrons. The van der Waals surface area contributed by atoms with E-state index in [2.05, 4.69) is 46.6 Å². The molecule has 0 saturated heterocycles. The Morgan fingerprint density at radius 1 is 1.00 bits per heavy atom. The second-order valence-corrected chi connectivity index (χ2v) is 5.05. The van der Waals surface area contributed by atoms with Gasteiger partial charge in [0.25, 0.3) is 0 Å². The highest BCUT2D eigenvalue weighted by Crippen LogP contribution is 2.27. The van der Waals surface area contributed by atoms with Crippen LogP contribution in [0.4, 0.5) is 0 Å². The number of hydrogen-bond donors (Lipinski definition) is 0. The van der Waals surface area contributed by atoms with E-state index in [4.69, 9.17) is 4.84 Å². The lowest BCUT2D eigenvalue weighted by Gasteiger charge is -2.45. The Hall–Kier alpha value is -0.0800. The van der Waals surface area contributed by atoms with E-state index < -0.39 is 0 Å². The molecule has 0 aliphatic rings. The molecule has 0 aliphatic heterocycles. The van der Waals surface area contributed by atoms with E-state index >= 15 is 0 Å². The molecule has 0 fully saturated rings. The van der Waals surface area contributed by atoms with Gasteiger partial charge in [0.05, 0.1) is 6.61 Å². The van der Waals surface area contributed by atoms with E-state index in [-0.39, 0.29) is 11.1 Å². The van der Waals surface area contributed by atoms with Crippen molar-refractivity contribution < 1.29 is 4.84 Å². The predicted molar refractivity (Wildman–Crippen MR) is 57.6 cm³/mol. The van der Waals surface area contributed by atoms with Crippen LogP contribution in [-0.2, 0) is 4.84 Å². The Bertz CT molecular complexity index is 147. The summed E-state index contributed by atoms with van der Waals surface area (Å²) in [5.74, 6) is 0. The second kappa shape index (κ2) is 4.43. The molecule has 0 aliphatic carbocycles. The van der Waals surface area contributed by atoms with Gasteiger partial charge in [0.1, 0.15) is 0 Å². The molecule has 0 rings (SSSR count). The summed E-state index contributed by atoms with van der Waals surface area (Å²) in [5.41, 5.74) is 0.170. The minimum Gasteiger partial charge on any atom is -0.298 e. The maximum absolute atomic E-state index is 5.70. The maximum atomic E-state index is 5.70. The molecular weight excluding hydrogens is 162 g/mol. The van der Waals surface area contributed by atoms with Gasteiger partial charge < -0.3 is 0 Å². The Morgan fingerprint density at radius 2 is 1.46 bits per heavy atom. The Labute approximate surface area is 83.2 Å². The van der Waals surface area contributed by atoms with E-state index in [0.29, 0.717) is 0 Å². The standard InChI is InChI=1S/C11H25NO/c1-8-11(6,7)12(13-9-2)10(3,4)5/h8-9H2,1-7H3. The fourth-order valence-electron chi connectivity index (χ4n) is 1.55. The summed E-state index contributed by atoms with van der Waals surface area (Å²) in [7, 11) is 0. The molecular formula is C11H25NO. The van der Waals surface area contributed by atoms with Crippen molar-refractivity contribution in [2.45, 2.75) is 66.0 Å². The number of hydrogen-bond acceptors (Lipinski definition) is 2. The van der Waals surface area contributed by atoms with Crippen LogP contribution in [0.15, 0.2) is 0 Å². The first-order valence-electron chi connectivity index (χ1n) is 5.19. The maximum Gasteiger partial charge on any atom is 0.0657 e. The van der Waals surface area contributed by atoms with Crippen LogP contribution in [0.25, 0.3) is 0 Å². The first-order chi connectivity index (χ1) is 5.75. The van der Waals surface area contributed by atoms with Gasteiger partial charge in [-0.1, -0.05) is 6.92 Å². The van der Waals surface area contributed by atoms with Gasteiger partial charge in [0, 0.05) is 11.1 Å². The van der Waals surface area contributed by atoms with Gasteiger partial charge >= 0.3 is 0 Å². The second-order valence-electron chi connectivity index (χ2n) is 5.05. The van der Waals surface area contributed by atoms with Crippen molar-refractivity contribution in [3.8, 4) is 0 Å². The number of rotatable bonds is 4. The first kappa shape index (κ1) is 12.9. The lowest BCUT2D eigenvalue weighted by Crippen LogP contribution is -2.53. The Kier molecular flexibility index (Phi) is 4.40. The zero-order chi connectivity index (χ0) is 10.7. The molecule has 0 heterocycles. The first-order valence-corrected chi connectivity index (χ1v) is 5.19. The number of hydroxylamine groups is 2. The lowest BCUT2D eigenvalue weighted by molar-refractivity contribution is -0.259. The molecule has 2 nitrogen and oxygen atoms in total. The van der Waals surface area contributed by atoms with Gasteiger partial charge in [0.15, 0.2) is 0 Å². The van der Waals surface area contributed by atoms with Crippen molar-refractivity contribution in [1.29, 1.82) is 0 Å². The summed E-state index contributed by atoms with van der Waals surface area (Å²) < 4.78 is 0. The molecule has 13 heavy (non-hydrogen) atoms. The highest BCUT2D eigenvalue weighted by molar-refractivity contribution is 4.83. The lowest BCUT2D eigenvalue weighted by atomic mass is 9.95. The zero-order valence-electron chi connectivity index (χ0n) is 10.3. The largest absolute Gasteiger partial charge is 0.298 e. The minimum atomic E-state index is 0.0650. The van der Waals surface area contributed by atoms with E-state index in [9.17, 15) is 0 Å². The molecule has 0 aromatic rings. The molecule has 0 aromatic heterocycles. The molecule has 0 N–H and O–H groups in total. The summed E-state index contributed by atoms with van der Waals surface area (Å²) in [6.07, 6.45) is 1.09. The molecule has 0 bridgehead atoms. The topological polar surface area (TPSA) is 12.5 Å². The molecule has 0 radical (unpaired) electrons. The van der Waals surface area contributed by atoms with Gasteiger partial charge in [0.2, 0.25) is 0 Å². The summed E-state index contributed by atoms with van der Waals surface area (Å²) in [5, 5.41) is 2.11. The Morgan fingerprint density at radius 3 is 1.69 bits per heavy atom. The zero-order valence-corrected chi connectivity index (χ0v) is 10.3. The molecule has 0 amide bonds. The van der Waals surface area contributed by atoms with Crippen LogP contribution in [0.2, 0.25) is 0 Å². The quantitative estimate of drug-likeness (QED) is 0.627. The molecule has 0 atom stereocenters. The van der Waals surface area contributed by atoms with Crippen LogP contribution in [0.5, 0.6) is 0 Å². The third-order valence-corrected chi connectivity index (χ3v) is 2.28. The average molecular weight is 187 g/mol. The summed E-state index contributed by atoms with van der Waals surface area (Å²) in [6, 6.07) is 0. The van der Waals surface area contributed by atoms with Gasteiger partial charge in [-0.15, -0.1) is 0 Å². The fourth-order valence-corrected chi connectivity index (χ4v) is 1.55. The van der Waals surface area contributed by atoms with Gasteiger partial charge in [-0.25, -0.2) is 0 Å². The van der Waals surface area contributed by atoms with E-state index in [1.165, 1.54) is 0 Å². The van der Waals surface area contributed by atoms with Crippen molar-refractivity contribution >= 4 is 0 Å². The normalized spacial score (nSPS) is 13.8. The van der Waals surface area contributed by atoms with Crippen LogP contribution in [0.3, 0.4) is 0 Å². The summed E-state index contributed by atoms with van der Waals surface area (Å²) >= 11 is 0. The van der Waals surface area contributed by atoms with Crippen molar-refractivity contribution in [1.82, 2.24) is 5.06 Å². The van der Waals surface area contributed by atoms with E-state index in [0.717, 1.165) is 13.0 Å². The van der Waals surface area contributed by atoms with Crippen molar-refractivity contribution in [3.63, 3.8) is 0 Å². The smallest absolute Gasteiger partial charge is 0.0657 e. The van der Waals surface area contributed by atoms with E-state index in [1.54, 1.807) is 0 Å². The van der Waals surface area contributed by atoms with Crippen molar-refractivity contribution in [2.75, 3.05) is 6.61 Å². The average Bonchev–Trinajstić information content (AvgIpc) is 1.98. The molecule has 0 spiro atoms. The van der Waals surface area contributed by atoms with Crippen LogP contribution < -0.4 is 0 Å². The van der Waals surface area contributed by atoms with Crippen LogP contribution in [0.1, 0.15) is 54.9 Å². The summed E-state index contributed by atoms with van der Waals surface area (Å²) in [6.45, 7) is 15.9. The molecule has 2 heteroatoms. The third kappa shape index (κ3) is 3.65. The molecule has 0 aromatic carbocycles. The fraction of sp³-hybridized carbons (Fsp3) is 1.00. The van der Waals surface area contributed by atoms with Gasteiger partial charge in [-0.3, -0.25) is 4.84 Å².